The molecule has 0 aliphatic carbocycles. The van der Waals surface area contributed by atoms with Crippen LogP contribution in [0.1, 0.15) is 36.5 Å². The maximum atomic E-state index is 12.4. The topological polar surface area (TPSA) is 71.3 Å². The maximum absolute atomic E-state index is 12.4. The molecule has 0 bridgehead atoms. The van der Waals surface area contributed by atoms with Gasteiger partial charge in [-0.2, -0.15) is 5.26 Å². The van der Waals surface area contributed by atoms with Gasteiger partial charge in [-0.15, -0.1) is 0 Å². The van der Waals surface area contributed by atoms with Gasteiger partial charge in [0, 0.05) is 18.2 Å². The Labute approximate surface area is 160 Å². The quantitative estimate of drug-likeness (QED) is 0.594. The summed E-state index contributed by atoms with van der Waals surface area (Å²) in [6.45, 7) is 4.48. The molecule has 0 spiro atoms. The Bertz CT molecular complexity index is 862. The lowest BCUT2D eigenvalue weighted by Gasteiger charge is -2.11. The molecule has 2 aromatic carbocycles. The summed E-state index contributed by atoms with van der Waals surface area (Å²) in [6.07, 6.45) is 1.59. The Hall–Kier alpha value is -3.26. The highest BCUT2D eigenvalue weighted by Gasteiger charge is 2.11. The minimum absolute atomic E-state index is 0.0553. The van der Waals surface area contributed by atoms with Crippen LogP contribution in [-0.2, 0) is 11.3 Å². The maximum Gasteiger partial charge on any atom is 0.262 e. The number of benzene rings is 2. The number of carbonyl (C=O) groups excluding carboxylic acids is 1. The summed E-state index contributed by atoms with van der Waals surface area (Å²) in [5.74, 6) is 1.29. The fourth-order valence-electron chi connectivity index (χ4n) is 2.56. The summed E-state index contributed by atoms with van der Waals surface area (Å²) in [5.41, 5.74) is 2.87. The van der Waals surface area contributed by atoms with Gasteiger partial charge in [-0.05, 0) is 35.3 Å². The van der Waals surface area contributed by atoms with Crippen molar-refractivity contribution in [2.45, 2.75) is 26.3 Å². The summed E-state index contributed by atoms with van der Waals surface area (Å²) >= 11 is 0. The van der Waals surface area contributed by atoms with Crippen molar-refractivity contribution in [2.75, 3.05) is 14.2 Å². The molecule has 0 aromatic heterocycles. The molecule has 5 nitrogen and oxygen atoms in total. The molecule has 0 saturated heterocycles. The summed E-state index contributed by atoms with van der Waals surface area (Å²) in [4.78, 5) is 12.4. The predicted molar refractivity (Wildman–Crippen MR) is 106 cm³/mol. The number of amides is 1. The molecule has 0 saturated carbocycles. The first-order valence-corrected chi connectivity index (χ1v) is 8.69. The molecular weight excluding hydrogens is 340 g/mol. The second kappa shape index (κ2) is 9.44. The Morgan fingerprint density at radius 3 is 2.41 bits per heavy atom. The molecule has 2 aromatic rings. The van der Waals surface area contributed by atoms with Crippen LogP contribution in [0.5, 0.6) is 11.5 Å². The second-order valence-electron chi connectivity index (χ2n) is 6.35. The zero-order chi connectivity index (χ0) is 19.8. The van der Waals surface area contributed by atoms with Crippen LogP contribution in [0.3, 0.4) is 0 Å². The van der Waals surface area contributed by atoms with E-state index in [2.05, 4.69) is 19.2 Å². The molecule has 0 atom stereocenters. The third-order valence-electron chi connectivity index (χ3n) is 4.21. The minimum Gasteiger partial charge on any atom is -0.497 e. The van der Waals surface area contributed by atoms with Gasteiger partial charge in [0.05, 0.1) is 14.2 Å². The molecule has 0 radical (unpaired) electrons. The van der Waals surface area contributed by atoms with Gasteiger partial charge < -0.3 is 14.8 Å². The van der Waals surface area contributed by atoms with Crippen molar-refractivity contribution in [3.63, 3.8) is 0 Å². The van der Waals surface area contributed by atoms with Crippen molar-refractivity contribution in [1.29, 1.82) is 5.26 Å². The molecule has 0 aliphatic heterocycles. The second-order valence-corrected chi connectivity index (χ2v) is 6.35. The Balaban J connectivity index is 2.10. The third-order valence-corrected chi connectivity index (χ3v) is 4.21. The highest BCUT2D eigenvalue weighted by molar-refractivity contribution is 6.01. The Morgan fingerprint density at radius 1 is 1.15 bits per heavy atom. The number of hydrogen-bond acceptors (Lipinski definition) is 4. The number of nitrogens with one attached hydrogen (secondary N) is 1. The number of carbonyl (C=O) groups is 1. The van der Waals surface area contributed by atoms with E-state index in [1.54, 1.807) is 32.4 Å². The van der Waals surface area contributed by atoms with Crippen LogP contribution in [0.15, 0.2) is 48.0 Å². The lowest BCUT2D eigenvalue weighted by atomic mass is 10.0. The molecule has 0 heterocycles. The molecule has 0 unspecified atom stereocenters. The van der Waals surface area contributed by atoms with Gasteiger partial charge in [-0.3, -0.25) is 4.79 Å². The lowest BCUT2D eigenvalue weighted by Crippen LogP contribution is -2.24. The average molecular weight is 364 g/mol. The first kappa shape index (κ1) is 20.1. The number of rotatable bonds is 7. The summed E-state index contributed by atoms with van der Waals surface area (Å²) in [5, 5.41) is 12.1. The van der Waals surface area contributed by atoms with E-state index in [9.17, 15) is 10.1 Å². The minimum atomic E-state index is -0.427. The van der Waals surface area contributed by atoms with Gasteiger partial charge in [0.1, 0.15) is 23.1 Å². The zero-order valence-corrected chi connectivity index (χ0v) is 16.1. The molecule has 2 rings (SSSR count). The summed E-state index contributed by atoms with van der Waals surface area (Å²) < 4.78 is 10.5. The van der Waals surface area contributed by atoms with Crippen LogP contribution in [0, 0.1) is 11.3 Å². The van der Waals surface area contributed by atoms with E-state index in [0.29, 0.717) is 17.4 Å². The molecular formula is C22H24N2O3. The molecule has 140 valence electrons. The van der Waals surface area contributed by atoms with Crippen LogP contribution in [-0.4, -0.2) is 20.1 Å². The van der Waals surface area contributed by atoms with E-state index in [1.165, 1.54) is 5.56 Å². The fourth-order valence-corrected chi connectivity index (χ4v) is 2.56. The van der Waals surface area contributed by atoms with Crippen LogP contribution < -0.4 is 14.8 Å². The van der Waals surface area contributed by atoms with E-state index < -0.39 is 5.91 Å². The van der Waals surface area contributed by atoms with Gasteiger partial charge in [0.25, 0.3) is 5.91 Å². The van der Waals surface area contributed by atoms with Crippen LogP contribution in [0.2, 0.25) is 0 Å². The number of nitrogens with zero attached hydrogens (tertiary/aromatic N) is 1. The summed E-state index contributed by atoms with van der Waals surface area (Å²) in [6, 6.07) is 15.2. The van der Waals surface area contributed by atoms with Crippen LogP contribution in [0.4, 0.5) is 0 Å². The molecule has 1 N–H and O–H groups in total. The zero-order valence-electron chi connectivity index (χ0n) is 16.1. The highest BCUT2D eigenvalue weighted by atomic mass is 16.5. The van der Waals surface area contributed by atoms with Crippen molar-refractivity contribution in [3.05, 3.63) is 64.7 Å². The standard InChI is InChI=1S/C22H24N2O3/c1-15(2)17-7-5-16(6-8-17)11-19(13-23)22(25)24-14-18-9-10-20(26-3)12-21(18)27-4/h5-12,15H,14H2,1-4H3,(H,24,25)/b19-11+. The molecule has 5 heteroatoms. The van der Waals surface area contributed by atoms with E-state index in [-0.39, 0.29) is 12.1 Å². The van der Waals surface area contributed by atoms with Crippen LogP contribution in [0.25, 0.3) is 6.08 Å². The van der Waals surface area contributed by atoms with Crippen molar-refractivity contribution >= 4 is 12.0 Å². The number of ether oxygens (including phenoxy) is 2. The van der Waals surface area contributed by atoms with Crippen LogP contribution >= 0.6 is 0 Å². The molecule has 1 amide bonds. The average Bonchev–Trinajstić information content (AvgIpc) is 2.70. The highest BCUT2D eigenvalue weighted by Crippen LogP contribution is 2.24. The third kappa shape index (κ3) is 5.35. The largest absolute Gasteiger partial charge is 0.497 e. The molecule has 27 heavy (non-hydrogen) atoms. The van der Waals surface area contributed by atoms with Gasteiger partial charge in [0.2, 0.25) is 0 Å². The number of hydrogen-bond donors (Lipinski definition) is 1. The van der Waals surface area contributed by atoms with Crippen molar-refractivity contribution in [3.8, 4) is 17.6 Å². The number of nitriles is 1. The van der Waals surface area contributed by atoms with Crippen molar-refractivity contribution in [2.24, 2.45) is 0 Å². The van der Waals surface area contributed by atoms with E-state index in [0.717, 1.165) is 11.1 Å². The first-order valence-electron chi connectivity index (χ1n) is 8.69. The number of methoxy groups -OCH3 is 2. The van der Waals surface area contributed by atoms with Gasteiger partial charge in [-0.25, -0.2) is 0 Å². The van der Waals surface area contributed by atoms with E-state index in [1.807, 2.05) is 36.4 Å². The summed E-state index contributed by atoms with van der Waals surface area (Å²) in [7, 11) is 3.13. The van der Waals surface area contributed by atoms with E-state index >= 15 is 0 Å². The van der Waals surface area contributed by atoms with Crippen molar-refractivity contribution < 1.29 is 14.3 Å². The Kier molecular flexibility index (Phi) is 7.01. The molecule has 0 fully saturated rings. The van der Waals surface area contributed by atoms with Gasteiger partial charge in [-0.1, -0.05) is 38.1 Å². The lowest BCUT2D eigenvalue weighted by molar-refractivity contribution is -0.117. The normalized spacial score (nSPS) is 11.0. The fraction of sp³-hybridized carbons (Fsp3) is 0.273. The van der Waals surface area contributed by atoms with Gasteiger partial charge in [0.15, 0.2) is 0 Å². The molecule has 0 aliphatic rings. The monoisotopic (exact) mass is 364 g/mol. The van der Waals surface area contributed by atoms with Crippen molar-refractivity contribution in [1.82, 2.24) is 5.32 Å². The Morgan fingerprint density at radius 2 is 1.85 bits per heavy atom. The van der Waals surface area contributed by atoms with Gasteiger partial charge >= 0.3 is 0 Å². The SMILES string of the molecule is COc1ccc(CNC(=O)/C(C#N)=C/c2ccc(C(C)C)cc2)c(OC)c1. The first-order chi connectivity index (χ1) is 13.0. The smallest absolute Gasteiger partial charge is 0.262 e. The van der Waals surface area contributed by atoms with E-state index in [4.69, 9.17) is 9.47 Å². The predicted octanol–water partition coefficient (Wildman–Crippen LogP) is 4.05.